The van der Waals surface area contributed by atoms with Crippen LogP contribution >= 0.6 is 0 Å². The Hall–Kier alpha value is -3.67. The van der Waals surface area contributed by atoms with Gasteiger partial charge in [-0.1, -0.05) is 60.2 Å². The molecule has 0 saturated carbocycles. The average Bonchev–Trinajstić information content (AvgIpc) is 3.06. The third kappa shape index (κ3) is 6.42. The van der Waals surface area contributed by atoms with Crippen molar-refractivity contribution in [3.8, 4) is 0 Å². The summed E-state index contributed by atoms with van der Waals surface area (Å²) in [6, 6.07) is 17.8. The van der Waals surface area contributed by atoms with E-state index in [2.05, 4.69) is 41.6 Å². The van der Waals surface area contributed by atoms with Crippen LogP contribution in [0.15, 0.2) is 60.7 Å². The molecule has 0 radical (unpaired) electrons. The Morgan fingerprint density at radius 3 is 2.36 bits per heavy atom. The van der Waals surface area contributed by atoms with Gasteiger partial charge in [0.05, 0.1) is 18.3 Å². The molecule has 1 heterocycles. The third-order valence-corrected chi connectivity index (χ3v) is 5.60. The number of benzene rings is 2. The van der Waals surface area contributed by atoms with Gasteiger partial charge in [-0.2, -0.15) is 5.10 Å². The van der Waals surface area contributed by atoms with Gasteiger partial charge in [-0.25, -0.2) is 4.79 Å². The molecule has 1 N–H and O–H groups in total. The van der Waals surface area contributed by atoms with Gasteiger partial charge >= 0.3 is 5.97 Å². The number of carbonyl (C=O) groups is 2. The van der Waals surface area contributed by atoms with Gasteiger partial charge in [-0.15, -0.1) is 0 Å². The fraction of sp³-hybridized carbons (Fsp3) is 0.296. The normalized spacial score (nSPS) is 13.0. The first-order valence-corrected chi connectivity index (χ1v) is 11.1. The molecule has 0 fully saturated rings. The van der Waals surface area contributed by atoms with Crippen molar-refractivity contribution in [3.05, 3.63) is 94.3 Å². The highest BCUT2D eigenvalue weighted by Crippen LogP contribution is 2.17. The maximum Gasteiger partial charge on any atom is 0.331 e. The number of carbonyl (C=O) groups excluding carboxylic acids is 2. The molecule has 6 nitrogen and oxygen atoms in total. The number of nitrogens with one attached hydrogen (secondary N) is 1. The molecule has 1 amide bonds. The number of esters is 1. The van der Waals surface area contributed by atoms with Crippen LogP contribution in [0.2, 0.25) is 0 Å². The lowest BCUT2D eigenvalue weighted by Gasteiger charge is -2.17. The second-order valence-corrected chi connectivity index (χ2v) is 8.28. The summed E-state index contributed by atoms with van der Waals surface area (Å²) in [6.07, 6.45) is 2.14. The summed E-state index contributed by atoms with van der Waals surface area (Å²) in [6.45, 7) is 10.0. The van der Waals surface area contributed by atoms with Crippen molar-refractivity contribution in [2.24, 2.45) is 0 Å². The molecule has 6 heteroatoms. The van der Waals surface area contributed by atoms with E-state index in [1.54, 1.807) is 13.0 Å². The highest BCUT2D eigenvalue weighted by molar-refractivity contribution is 5.90. The lowest BCUT2D eigenvalue weighted by Crippen LogP contribution is -2.37. The highest BCUT2D eigenvalue weighted by atomic mass is 16.5. The van der Waals surface area contributed by atoms with Gasteiger partial charge in [0, 0.05) is 17.3 Å². The number of aryl methyl sites for hydroxylation is 2. The van der Waals surface area contributed by atoms with E-state index in [4.69, 9.17) is 4.74 Å². The fourth-order valence-electron chi connectivity index (χ4n) is 3.55. The molecule has 0 bridgehead atoms. The molecule has 0 aliphatic heterocycles. The van der Waals surface area contributed by atoms with Crippen LogP contribution in [0.4, 0.5) is 0 Å². The molecule has 172 valence electrons. The van der Waals surface area contributed by atoms with Crippen LogP contribution in [0.3, 0.4) is 0 Å². The number of hydrogen-bond acceptors (Lipinski definition) is 4. The average molecular weight is 446 g/mol. The minimum absolute atomic E-state index is 0.180. The number of ether oxygens (including phenoxy) is 1. The second kappa shape index (κ2) is 10.8. The van der Waals surface area contributed by atoms with Crippen molar-refractivity contribution in [3.63, 3.8) is 0 Å². The summed E-state index contributed by atoms with van der Waals surface area (Å²) in [5, 5.41) is 7.48. The van der Waals surface area contributed by atoms with Crippen LogP contribution in [0, 0.1) is 20.8 Å². The lowest BCUT2D eigenvalue weighted by atomic mass is 10.1. The van der Waals surface area contributed by atoms with Crippen molar-refractivity contribution in [1.29, 1.82) is 0 Å². The van der Waals surface area contributed by atoms with E-state index in [1.165, 1.54) is 11.6 Å². The Morgan fingerprint density at radius 1 is 1.03 bits per heavy atom. The van der Waals surface area contributed by atoms with E-state index < -0.39 is 12.1 Å². The molecule has 0 aliphatic rings. The third-order valence-electron chi connectivity index (χ3n) is 5.60. The van der Waals surface area contributed by atoms with Crippen LogP contribution in [0.5, 0.6) is 0 Å². The largest absolute Gasteiger partial charge is 0.449 e. The summed E-state index contributed by atoms with van der Waals surface area (Å²) in [4.78, 5) is 24.7. The van der Waals surface area contributed by atoms with Crippen molar-refractivity contribution < 1.29 is 14.3 Å². The Labute approximate surface area is 195 Å². The first-order chi connectivity index (χ1) is 15.7. The molecule has 3 rings (SSSR count). The predicted octanol–water partition coefficient (Wildman–Crippen LogP) is 4.68. The fourth-order valence-corrected chi connectivity index (χ4v) is 3.55. The minimum atomic E-state index is -0.903. The van der Waals surface area contributed by atoms with Crippen molar-refractivity contribution >= 4 is 18.0 Å². The zero-order valence-electron chi connectivity index (χ0n) is 19.8. The van der Waals surface area contributed by atoms with Crippen LogP contribution in [0.1, 0.15) is 53.5 Å². The lowest BCUT2D eigenvalue weighted by molar-refractivity contribution is -0.150. The smallest absolute Gasteiger partial charge is 0.331 e. The molecule has 0 saturated heterocycles. The van der Waals surface area contributed by atoms with E-state index in [1.807, 2.05) is 55.8 Å². The van der Waals surface area contributed by atoms with Crippen molar-refractivity contribution in [2.45, 2.75) is 53.3 Å². The minimum Gasteiger partial charge on any atom is -0.449 e. The second-order valence-electron chi connectivity index (χ2n) is 8.28. The number of aromatic nitrogens is 2. The molecule has 2 aromatic carbocycles. The molecule has 3 aromatic rings. The Bertz CT molecular complexity index is 1130. The molecule has 0 spiro atoms. The molecule has 33 heavy (non-hydrogen) atoms. The van der Waals surface area contributed by atoms with Gasteiger partial charge in [0.1, 0.15) is 0 Å². The van der Waals surface area contributed by atoms with E-state index in [0.29, 0.717) is 6.54 Å². The monoisotopic (exact) mass is 445 g/mol. The standard InChI is InChI=1S/C27H31N3O3/c1-18-11-13-23(14-12-18)17-30-21(4)25(20(3)29-30)15-16-26(31)33-22(5)27(32)28-19(2)24-9-7-6-8-10-24/h6-16,19,22H,17H2,1-5H3,(H,28,32)/b16-15-/t19-,22-/m1/s1. The van der Waals surface area contributed by atoms with Gasteiger partial charge in [0.2, 0.25) is 0 Å². The number of rotatable bonds is 8. The first-order valence-electron chi connectivity index (χ1n) is 11.1. The first kappa shape index (κ1) is 24.0. The Morgan fingerprint density at radius 2 is 1.70 bits per heavy atom. The summed E-state index contributed by atoms with van der Waals surface area (Å²) in [5.74, 6) is -0.915. The van der Waals surface area contributed by atoms with Gasteiger partial charge < -0.3 is 10.1 Å². The molecular formula is C27H31N3O3. The van der Waals surface area contributed by atoms with Gasteiger partial charge in [0.25, 0.3) is 5.91 Å². The van der Waals surface area contributed by atoms with Gasteiger partial charge in [-0.3, -0.25) is 9.48 Å². The maximum absolute atomic E-state index is 12.4. The number of hydrogen-bond donors (Lipinski definition) is 1. The van der Waals surface area contributed by atoms with Crippen molar-refractivity contribution in [2.75, 3.05) is 0 Å². The Balaban J connectivity index is 1.59. The predicted molar refractivity (Wildman–Crippen MR) is 130 cm³/mol. The summed E-state index contributed by atoms with van der Waals surface area (Å²) < 4.78 is 7.22. The van der Waals surface area contributed by atoms with Crippen molar-refractivity contribution in [1.82, 2.24) is 15.1 Å². The van der Waals surface area contributed by atoms with E-state index in [0.717, 1.165) is 28.1 Å². The number of amides is 1. The quantitative estimate of drug-likeness (QED) is 0.404. The van der Waals surface area contributed by atoms with Crippen LogP contribution < -0.4 is 5.32 Å². The van der Waals surface area contributed by atoms with E-state index >= 15 is 0 Å². The number of nitrogens with zero attached hydrogens (tertiary/aromatic N) is 2. The molecule has 0 aliphatic carbocycles. The van der Waals surface area contributed by atoms with Gasteiger partial charge in [0.15, 0.2) is 6.10 Å². The molecule has 1 aromatic heterocycles. The summed E-state index contributed by atoms with van der Waals surface area (Å²) in [7, 11) is 0. The zero-order chi connectivity index (χ0) is 24.0. The van der Waals surface area contributed by atoms with Crippen LogP contribution in [-0.2, 0) is 20.9 Å². The zero-order valence-corrected chi connectivity index (χ0v) is 19.8. The SMILES string of the molecule is Cc1ccc(Cn2nc(C)c(/C=C\C(=O)O[C@H](C)C(=O)N[C@H](C)c3ccccc3)c2C)cc1. The maximum atomic E-state index is 12.4. The molecule has 2 atom stereocenters. The van der Waals surface area contributed by atoms with E-state index in [9.17, 15) is 9.59 Å². The van der Waals surface area contributed by atoms with E-state index in [-0.39, 0.29) is 11.9 Å². The highest BCUT2D eigenvalue weighted by Gasteiger charge is 2.19. The summed E-state index contributed by atoms with van der Waals surface area (Å²) in [5.41, 5.74) is 6.01. The van der Waals surface area contributed by atoms with Crippen LogP contribution in [-0.4, -0.2) is 27.8 Å². The van der Waals surface area contributed by atoms with Crippen LogP contribution in [0.25, 0.3) is 6.08 Å². The molecular weight excluding hydrogens is 414 g/mol. The topological polar surface area (TPSA) is 73.2 Å². The van der Waals surface area contributed by atoms with Gasteiger partial charge in [-0.05, 0) is 51.8 Å². The molecule has 0 unspecified atom stereocenters. The summed E-state index contributed by atoms with van der Waals surface area (Å²) >= 11 is 0. The Kier molecular flexibility index (Phi) is 7.83.